The van der Waals surface area contributed by atoms with E-state index in [4.69, 9.17) is 0 Å². The van der Waals surface area contributed by atoms with Crippen LogP contribution >= 0.6 is 0 Å². The molecule has 0 aromatic heterocycles. The smallest absolute Gasteiger partial charge is 0.139 e. The highest BCUT2D eigenvalue weighted by atomic mass is 16.1. The molecule has 72 valence electrons. The van der Waals surface area contributed by atoms with Gasteiger partial charge >= 0.3 is 0 Å². The summed E-state index contributed by atoms with van der Waals surface area (Å²) < 4.78 is 0. The van der Waals surface area contributed by atoms with Gasteiger partial charge in [0.05, 0.1) is 0 Å². The molecular weight excluding hydrogens is 172 g/mol. The minimum absolute atomic E-state index is 0.305. The molecule has 0 spiro atoms. The van der Waals surface area contributed by atoms with E-state index in [1.165, 1.54) is 11.1 Å². The lowest BCUT2D eigenvalue weighted by Gasteiger charge is -2.05. The molecule has 14 heavy (non-hydrogen) atoms. The second-order valence-electron chi connectivity index (χ2n) is 4.55. The Hall–Kier alpha value is -1.11. The van der Waals surface area contributed by atoms with Gasteiger partial charge in [0.15, 0.2) is 0 Å². The van der Waals surface area contributed by atoms with Gasteiger partial charge in [-0.2, -0.15) is 0 Å². The lowest BCUT2D eigenvalue weighted by molar-refractivity contribution is -0.123. The fourth-order valence-electron chi connectivity index (χ4n) is 2.46. The monoisotopic (exact) mass is 186 g/mol. The molecule has 0 N–H and O–H groups in total. The lowest BCUT2D eigenvalue weighted by Crippen LogP contribution is -2.16. The van der Waals surface area contributed by atoms with Crippen LogP contribution in [-0.4, -0.2) is 5.78 Å². The molecule has 0 heterocycles. The summed E-state index contributed by atoms with van der Waals surface area (Å²) >= 11 is 0. The third-order valence-electron chi connectivity index (χ3n) is 3.43. The maximum atomic E-state index is 11.9. The summed E-state index contributed by atoms with van der Waals surface area (Å²) in [5, 5.41) is 0. The number of rotatable bonds is 2. The van der Waals surface area contributed by atoms with Gasteiger partial charge in [0.25, 0.3) is 0 Å². The van der Waals surface area contributed by atoms with Crippen LogP contribution in [0.1, 0.15) is 24.0 Å². The van der Waals surface area contributed by atoms with Crippen molar-refractivity contribution in [2.24, 2.45) is 11.8 Å². The highest BCUT2D eigenvalue weighted by Crippen LogP contribution is 2.37. The molecule has 1 saturated carbocycles. The minimum Gasteiger partial charge on any atom is -0.299 e. The molecular formula is C13H14O. The third-order valence-corrected chi connectivity index (χ3v) is 3.43. The Labute approximate surface area is 84.1 Å². The number of benzene rings is 1. The first-order valence-corrected chi connectivity index (χ1v) is 5.45. The number of hydrogen-bond donors (Lipinski definition) is 0. The zero-order valence-corrected chi connectivity index (χ0v) is 8.20. The van der Waals surface area contributed by atoms with Crippen LogP contribution < -0.4 is 0 Å². The molecule has 0 saturated heterocycles. The second-order valence-corrected chi connectivity index (χ2v) is 4.55. The van der Waals surface area contributed by atoms with Crippen LogP contribution in [0.5, 0.6) is 0 Å². The molecule has 1 nitrogen and oxygen atoms in total. The van der Waals surface area contributed by atoms with E-state index in [1.54, 1.807) is 0 Å². The van der Waals surface area contributed by atoms with Gasteiger partial charge in [0.2, 0.25) is 0 Å². The molecule has 1 heteroatoms. The summed E-state index contributed by atoms with van der Waals surface area (Å²) in [5.41, 5.74) is 2.79. The van der Waals surface area contributed by atoms with E-state index in [9.17, 15) is 4.79 Å². The van der Waals surface area contributed by atoms with Gasteiger partial charge in [-0.05, 0) is 36.8 Å². The molecule has 0 amide bonds. The van der Waals surface area contributed by atoms with Crippen molar-refractivity contribution in [1.82, 2.24) is 0 Å². The van der Waals surface area contributed by atoms with Crippen molar-refractivity contribution >= 4 is 5.78 Å². The normalized spacial score (nSPS) is 20.9. The number of carbonyl (C=O) groups is 1. The Bertz CT molecular complexity index is 352. The maximum absolute atomic E-state index is 11.9. The van der Waals surface area contributed by atoms with Crippen molar-refractivity contribution in [3.63, 3.8) is 0 Å². The predicted octanol–water partition coefficient (Wildman–Crippen LogP) is 2.38. The largest absolute Gasteiger partial charge is 0.299 e. The number of hydrogen-bond acceptors (Lipinski definition) is 1. The SMILES string of the molecule is O=C(C1CC1)C1Cc2ccccc2C1. The first kappa shape index (κ1) is 8.22. The molecule has 3 rings (SSSR count). The summed E-state index contributed by atoms with van der Waals surface area (Å²) in [6, 6.07) is 8.47. The quantitative estimate of drug-likeness (QED) is 0.693. The van der Waals surface area contributed by atoms with E-state index in [-0.39, 0.29) is 0 Å². The van der Waals surface area contributed by atoms with Crippen LogP contribution in [0.4, 0.5) is 0 Å². The number of fused-ring (bicyclic) bond motifs is 1. The molecule has 1 fully saturated rings. The number of ketones is 1. The number of Topliss-reactive ketones (excluding diaryl/α,β-unsaturated/α-hetero) is 1. The lowest BCUT2D eigenvalue weighted by atomic mass is 9.97. The Morgan fingerprint density at radius 3 is 2.07 bits per heavy atom. The first-order chi connectivity index (χ1) is 6.84. The second kappa shape index (κ2) is 2.94. The van der Waals surface area contributed by atoms with Crippen LogP contribution in [0.3, 0.4) is 0 Å². The molecule has 2 aliphatic carbocycles. The van der Waals surface area contributed by atoms with Gasteiger partial charge in [0, 0.05) is 11.8 Å². The van der Waals surface area contributed by atoms with E-state index in [0.29, 0.717) is 17.6 Å². The van der Waals surface area contributed by atoms with E-state index >= 15 is 0 Å². The van der Waals surface area contributed by atoms with Crippen molar-refractivity contribution in [1.29, 1.82) is 0 Å². The van der Waals surface area contributed by atoms with Crippen molar-refractivity contribution in [3.05, 3.63) is 35.4 Å². The average molecular weight is 186 g/mol. The van der Waals surface area contributed by atoms with Gasteiger partial charge in [-0.25, -0.2) is 0 Å². The summed E-state index contributed by atoms with van der Waals surface area (Å²) in [6.45, 7) is 0. The predicted molar refractivity (Wildman–Crippen MR) is 55.1 cm³/mol. The molecule has 0 atom stereocenters. The van der Waals surface area contributed by atoms with E-state index < -0.39 is 0 Å². The van der Waals surface area contributed by atoms with Gasteiger partial charge < -0.3 is 0 Å². The minimum atomic E-state index is 0.305. The van der Waals surface area contributed by atoms with Crippen LogP contribution in [-0.2, 0) is 17.6 Å². The Balaban J connectivity index is 1.80. The van der Waals surface area contributed by atoms with Crippen LogP contribution in [0.25, 0.3) is 0 Å². The molecule has 0 unspecified atom stereocenters. The molecule has 1 aromatic carbocycles. The maximum Gasteiger partial charge on any atom is 0.139 e. The highest BCUT2D eigenvalue weighted by molar-refractivity contribution is 5.86. The Morgan fingerprint density at radius 2 is 1.57 bits per heavy atom. The van der Waals surface area contributed by atoms with E-state index in [0.717, 1.165) is 25.7 Å². The Kier molecular flexibility index (Phi) is 1.73. The van der Waals surface area contributed by atoms with Gasteiger partial charge in [0.1, 0.15) is 5.78 Å². The number of carbonyl (C=O) groups excluding carboxylic acids is 1. The molecule has 0 aliphatic heterocycles. The highest BCUT2D eigenvalue weighted by Gasteiger charge is 2.37. The van der Waals surface area contributed by atoms with Crippen molar-refractivity contribution in [2.75, 3.05) is 0 Å². The van der Waals surface area contributed by atoms with Crippen LogP contribution in [0.2, 0.25) is 0 Å². The van der Waals surface area contributed by atoms with E-state index in [2.05, 4.69) is 24.3 Å². The van der Waals surface area contributed by atoms with Crippen molar-refractivity contribution in [2.45, 2.75) is 25.7 Å². The zero-order chi connectivity index (χ0) is 9.54. The molecule has 2 aliphatic rings. The molecule has 1 aromatic rings. The van der Waals surface area contributed by atoms with Crippen molar-refractivity contribution in [3.8, 4) is 0 Å². The summed E-state index contributed by atoms with van der Waals surface area (Å²) in [5.74, 6) is 1.26. The Morgan fingerprint density at radius 1 is 1.00 bits per heavy atom. The fraction of sp³-hybridized carbons (Fsp3) is 0.462. The zero-order valence-electron chi connectivity index (χ0n) is 8.20. The first-order valence-electron chi connectivity index (χ1n) is 5.45. The van der Waals surface area contributed by atoms with Crippen LogP contribution in [0, 0.1) is 11.8 Å². The summed E-state index contributed by atoms with van der Waals surface area (Å²) in [6.07, 6.45) is 4.27. The van der Waals surface area contributed by atoms with Gasteiger partial charge in [-0.15, -0.1) is 0 Å². The molecule has 0 bridgehead atoms. The average Bonchev–Trinajstić information content (AvgIpc) is 2.95. The summed E-state index contributed by atoms with van der Waals surface area (Å²) in [7, 11) is 0. The topological polar surface area (TPSA) is 17.1 Å². The standard InChI is InChI=1S/C13H14O/c14-13(9-5-6-9)12-7-10-3-1-2-4-11(10)8-12/h1-4,9,12H,5-8H2. The van der Waals surface area contributed by atoms with Crippen molar-refractivity contribution < 1.29 is 4.79 Å². The summed E-state index contributed by atoms with van der Waals surface area (Å²) in [4.78, 5) is 11.9. The molecule has 0 radical (unpaired) electrons. The van der Waals surface area contributed by atoms with Crippen LogP contribution in [0.15, 0.2) is 24.3 Å². The van der Waals surface area contributed by atoms with Gasteiger partial charge in [-0.3, -0.25) is 4.79 Å². The third kappa shape index (κ3) is 1.28. The van der Waals surface area contributed by atoms with E-state index in [1.807, 2.05) is 0 Å². The fourth-order valence-corrected chi connectivity index (χ4v) is 2.46. The van der Waals surface area contributed by atoms with Gasteiger partial charge in [-0.1, -0.05) is 24.3 Å².